The lowest BCUT2D eigenvalue weighted by Gasteiger charge is -2.23. The summed E-state index contributed by atoms with van der Waals surface area (Å²) >= 11 is 0. The van der Waals surface area contributed by atoms with E-state index in [0.717, 1.165) is 0 Å². The molecule has 0 spiro atoms. The molecule has 0 unspecified atom stereocenters. The van der Waals surface area contributed by atoms with Crippen molar-refractivity contribution in [3.05, 3.63) is 23.8 Å². The third-order valence-electron chi connectivity index (χ3n) is 3.37. The Kier molecular flexibility index (Phi) is 7.42. The highest BCUT2D eigenvalue weighted by molar-refractivity contribution is 5.97. The first kappa shape index (κ1) is 21.3. The van der Waals surface area contributed by atoms with Gasteiger partial charge in [0.1, 0.15) is 0 Å². The van der Waals surface area contributed by atoms with Crippen LogP contribution in [0.25, 0.3) is 0 Å². The molecule has 0 radical (unpaired) electrons. The minimum absolute atomic E-state index is 0.0810. The molecule has 0 saturated heterocycles. The summed E-state index contributed by atoms with van der Waals surface area (Å²) in [7, 11) is 4.48. The normalized spacial score (nSPS) is 10.7. The minimum Gasteiger partial charge on any atom is -0.493 e. The third kappa shape index (κ3) is 6.62. The summed E-state index contributed by atoms with van der Waals surface area (Å²) in [5.74, 6) is -0.138. The van der Waals surface area contributed by atoms with Gasteiger partial charge in [-0.1, -0.05) is 0 Å². The van der Waals surface area contributed by atoms with E-state index in [9.17, 15) is 14.4 Å². The first-order chi connectivity index (χ1) is 12.1. The van der Waals surface area contributed by atoms with Crippen LogP contribution in [0.15, 0.2) is 18.2 Å². The Morgan fingerprint density at radius 2 is 1.69 bits per heavy atom. The Balaban J connectivity index is 2.58. The maximum absolute atomic E-state index is 12.2. The van der Waals surface area contributed by atoms with Crippen LogP contribution in [-0.2, 0) is 9.59 Å². The van der Waals surface area contributed by atoms with Gasteiger partial charge in [0, 0.05) is 18.2 Å². The lowest BCUT2D eigenvalue weighted by Crippen LogP contribution is -2.47. The summed E-state index contributed by atoms with van der Waals surface area (Å²) in [5.41, 5.74) is -0.0358. The number of ether oxygens (including phenoxy) is 2. The van der Waals surface area contributed by atoms with E-state index in [1.807, 2.05) is 20.8 Å². The van der Waals surface area contributed by atoms with Crippen molar-refractivity contribution in [2.75, 3.05) is 34.4 Å². The largest absolute Gasteiger partial charge is 0.493 e. The Hall–Kier alpha value is -2.77. The lowest BCUT2D eigenvalue weighted by atomic mass is 10.1. The van der Waals surface area contributed by atoms with E-state index in [1.54, 1.807) is 12.1 Å². The van der Waals surface area contributed by atoms with Gasteiger partial charge in [-0.15, -0.1) is 0 Å². The number of nitrogens with one attached hydrogen (secondary N) is 2. The number of methoxy groups -OCH3 is 2. The molecule has 2 N–H and O–H groups in total. The number of hydrogen-bond acceptors (Lipinski definition) is 5. The van der Waals surface area contributed by atoms with Crippen molar-refractivity contribution >= 4 is 17.7 Å². The number of likely N-dealkylation sites (N-methyl/N-ethyl adjacent to an activating group) is 1. The third-order valence-corrected chi connectivity index (χ3v) is 3.37. The zero-order valence-electron chi connectivity index (χ0n) is 16.1. The molecule has 0 saturated carbocycles. The average Bonchev–Trinajstić information content (AvgIpc) is 2.56. The van der Waals surface area contributed by atoms with Crippen molar-refractivity contribution in [2.45, 2.75) is 26.3 Å². The fourth-order valence-corrected chi connectivity index (χ4v) is 2.13. The number of carbonyl (C=O) groups excluding carboxylic acids is 3. The molecule has 0 heterocycles. The van der Waals surface area contributed by atoms with Crippen LogP contribution in [0.3, 0.4) is 0 Å². The van der Waals surface area contributed by atoms with Crippen LogP contribution in [0.1, 0.15) is 31.1 Å². The average molecular weight is 365 g/mol. The molecule has 8 nitrogen and oxygen atoms in total. The molecule has 0 aliphatic heterocycles. The van der Waals surface area contributed by atoms with Crippen molar-refractivity contribution in [2.24, 2.45) is 0 Å². The number of benzene rings is 1. The summed E-state index contributed by atoms with van der Waals surface area (Å²) in [6, 6.07) is 4.71. The van der Waals surface area contributed by atoms with Gasteiger partial charge in [-0.25, -0.2) is 0 Å². The fraction of sp³-hybridized carbons (Fsp3) is 0.500. The van der Waals surface area contributed by atoms with Gasteiger partial charge in [0.05, 0.1) is 27.3 Å². The summed E-state index contributed by atoms with van der Waals surface area (Å²) in [6.45, 7) is 5.27. The van der Waals surface area contributed by atoms with Gasteiger partial charge in [0.25, 0.3) is 5.91 Å². The van der Waals surface area contributed by atoms with E-state index >= 15 is 0 Å². The molecule has 144 valence electrons. The molecule has 0 bridgehead atoms. The number of nitrogens with zero attached hydrogens (tertiary/aromatic N) is 1. The highest BCUT2D eigenvalue weighted by atomic mass is 16.5. The zero-order chi connectivity index (χ0) is 19.9. The maximum Gasteiger partial charge on any atom is 0.251 e. The standard InChI is InChI=1S/C18H27N3O5/c1-18(2,3)20-15(22)11-21(4)16(23)10-19-17(24)12-7-8-13(25-5)14(9-12)26-6/h7-9H,10-11H2,1-6H3,(H,19,24)(H,20,22). The molecule has 26 heavy (non-hydrogen) atoms. The first-order valence-corrected chi connectivity index (χ1v) is 8.12. The Bertz CT molecular complexity index is 667. The zero-order valence-corrected chi connectivity index (χ0v) is 16.1. The Labute approximate surface area is 153 Å². The van der Waals surface area contributed by atoms with Crippen molar-refractivity contribution in [3.8, 4) is 11.5 Å². The summed E-state index contributed by atoms with van der Waals surface area (Å²) < 4.78 is 10.3. The van der Waals surface area contributed by atoms with Crippen LogP contribution in [-0.4, -0.2) is 62.5 Å². The van der Waals surface area contributed by atoms with Crippen LogP contribution >= 0.6 is 0 Å². The van der Waals surface area contributed by atoms with Crippen molar-refractivity contribution in [1.82, 2.24) is 15.5 Å². The van der Waals surface area contributed by atoms with Crippen molar-refractivity contribution in [1.29, 1.82) is 0 Å². The lowest BCUT2D eigenvalue weighted by molar-refractivity contribution is -0.134. The summed E-state index contributed by atoms with van der Waals surface area (Å²) in [6.07, 6.45) is 0. The van der Waals surface area contributed by atoms with Crippen molar-refractivity contribution in [3.63, 3.8) is 0 Å². The van der Waals surface area contributed by atoms with Gasteiger partial charge in [0.15, 0.2) is 11.5 Å². The van der Waals surface area contributed by atoms with Gasteiger partial charge in [-0.3, -0.25) is 14.4 Å². The van der Waals surface area contributed by atoms with E-state index in [-0.39, 0.29) is 30.4 Å². The second-order valence-electron chi connectivity index (χ2n) is 6.80. The van der Waals surface area contributed by atoms with Crippen LogP contribution in [0, 0.1) is 0 Å². The molecule has 1 aromatic rings. The summed E-state index contributed by atoms with van der Waals surface area (Å²) in [4.78, 5) is 37.4. The van der Waals surface area contributed by atoms with Crippen LogP contribution < -0.4 is 20.1 Å². The Morgan fingerprint density at radius 1 is 1.08 bits per heavy atom. The number of hydrogen-bond donors (Lipinski definition) is 2. The molecule has 0 aliphatic carbocycles. The van der Waals surface area contributed by atoms with Gasteiger partial charge >= 0.3 is 0 Å². The molecule has 1 rings (SSSR count). The Morgan fingerprint density at radius 3 is 2.23 bits per heavy atom. The quantitative estimate of drug-likeness (QED) is 0.745. The van der Waals surface area contributed by atoms with E-state index in [4.69, 9.17) is 9.47 Å². The predicted octanol–water partition coefficient (Wildman–Crippen LogP) is 0.807. The molecule has 3 amide bonds. The second kappa shape index (κ2) is 9.07. The SMILES string of the molecule is COc1ccc(C(=O)NCC(=O)N(C)CC(=O)NC(C)(C)C)cc1OC. The topological polar surface area (TPSA) is 97.0 Å². The van der Waals surface area contributed by atoms with Gasteiger partial charge in [-0.05, 0) is 39.0 Å². The fourth-order valence-electron chi connectivity index (χ4n) is 2.13. The maximum atomic E-state index is 12.2. The smallest absolute Gasteiger partial charge is 0.251 e. The van der Waals surface area contributed by atoms with E-state index < -0.39 is 5.91 Å². The van der Waals surface area contributed by atoms with E-state index in [0.29, 0.717) is 17.1 Å². The molecule has 8 heteroatoms. The van der Waals surface area contributed by atoms with Crippen LogP contribution in [0.2, 0.25) is 0 Å². The highest BCUT2D eigenvalue weighted by Crippen LogP contribution is 2.27. The molecule has 0 aliphatic rings. The number of rotatable bonds is 7. The minimum atomic E-state index is -0.424. The number of amides is 3. The van der Waals surface area contributed by atoms with Gasteiger partial charge in [0.2, 0.25) is 11.8 Å². The second-order valence-corrected chi connectivity index (χ2v) is 6.80. The van der Waals surface area contributed by atoms with Crippen LogP contribution in [0.5, 0.6) is 11.5 Å². The summed E-state index contributed by atoms with van der Waals surface area (Å²) in [5, 5.41) is 5.30. The molecule has 0 fully saturated rings. The molecule has 0 atom stereocenters. The van der Waals surface area contributed by atoms with Gasteiger partial charge in [-0.2, -0.15) is 0 Å². The predicted molar refractivity (Wildman–Crippen MR) is 97.4 cm³/mol. The monoisotopic (exact) mass is 365 g/mol. The van der Waals surface area contributed by atoms with Crippen molar-refractivity contribution < 1.29 is 23.9 Å². The first-order valence-electron chi connectivity index (χ1n) is 8.12. The van der Waals surface area contributed by atoms with Gasteiger partial charge < -0.3 is 25.0 Å². The molecular weight excluding hydrogens is 338 g/mol. The number of carbonyl (C=O) groups is 3. The molecule has 0 aromatic heterocycles. The molecule has 1 aromatic carbocycles. The van der Waals surface area contributed by atoms with E-state index in [2.05, 4.69) is 10.6 Å². The highest BCUT2D eigenvalue weighted by Gasteiger charge is 2.18. The molecular formula is C18H27N3O5. The van der Waals surface area contributed by atoms with E-state index in [1.165, 1.54) is 32.2 Å². The van der Waals surface area contributed by atoms with Crippen LogP contribution in [0.4, 0.5) is 0 Å².